The number of hydrogen-bond donors (Lipinski definition) is 1. The Balaban J connectivity index is 1.75. The van der Waals surface area contributed by atoms with Crippen molar-refractivity contribution in [2.75, 3.05) is 5.75 Å². The third kappa shape index (κ3) is 5.35. The Bertz CT molecular complexity index is 616. The van der Waals surface area contributed by atoms with Crippen LogP contribution in [0.15, 0.2) is 53.4 Å². The molecule has 0 saturated carbocycles. The number of nitrogens with one attached hydrogen (secondary N) is 1. The molecule has 0 unspecified atom stereocenters. The fourth-order valence-corrected chi connectivity index (χ4v) is 2.92. The zero-order chi connectivity index (χ0) is 15.9. The molecule has 2 aromatic rings. The SMILES string of the molecule is C[C@H](NC(=O)CCSc1ccc(F)cc1)c1ccc(Cl)cc1. The van der Waals surface area contributed by atoms with E-state index in [4.69, 9.17) is 11.6 Å². The van der Waals surface area contributed by atoms with E-state index in [1.54, 1.807) is 12.1 Å². The molecule has 5 heteroatoms. The van der Waals surface area contributed by atoms with E-state index in [2.05, 4.69) is 5.32 Å². The predicted octanol–water partition coefficient (Wildman–Crippen LogP) is 4.84. The first kappa shape index (κ1) is 16.8. The second kappa shape index (κ2) is 8.20. The maximum atomic E-state index is 12.8. The summed E-state index contributed by atoms with van der Waals surface area (Å²) in [5, 5.41) is 3.63. The second-order valence-corrected chi connectivity index (χ2v) is 6.50. The molecule has 1 amide bonds. The molecule has 1 atom stereocenters. The van der Waals surface area contributed by atoms with Crippen LogP contribution in [0.4, 0.5) is 4.39 Å². The van der Waals surface area contributed by atoms with Crippen molar-refractivity contribution in [1.82, 2.24) is 5.32 Å². The molecule has 0 aliphatic heterocycles. The van der Waals surface area contributed by atoms with E-state index >= 15 is 0 Å². The van der Waals surface area contributed by atoms with Crippen molar-refractivity contribution in [2.24, 2.45) is 0 Å². The van der Waals surface area contributed by atoms with Crippen LogP contribution >= 0.6 is 23.4 Å². The summed E-state index contributed by atoms with van der Waals surface area (Å²) in [6.45, 7) is 1.94. The number of carbonyl (C=O) groups is 1. The average Bonchev–Trinajstić information content (AvgIpc) is 2.50. The third-order valence-electron chi connectivity index (χ3n) is 3.16. The van der Waals surface area contributed by atoms with E-state index in [1.165, 1.54) is 23.9 Å². The van der Waals surface area contributed by atoms with Crippen molar-refractivity contribution in [1.29, 1.82) is 0 Å². The average molecular weight is 338 g/mol. The summed E-state index contributed by atoms with van der Waals surface area (Å²) in [5.41, 5.74) is 1.02. The molecule has 0 saturated heterocycles. The normalized spacial score (nSPS) is 12.0. The highest BCUT2D eigenvalue weighted by Crippen LogP contribution is 2.19. The number of carbonyl (C=O) groups excluding carboxylic acids is 1. The fraction of sp³-hybridized carbons (Fsp3) is 0.235. The zero-order valence-corrected chi connectivity index (χ0v) is 13.8. The van der Waals surface area contributed by atoms with Gasteiger partial charge in [-0.1, -0.05) is 23.7 Å². The molecule has 1 N–H and O–H groups in total. The van der Waals surface area contributed by atoms with E-state index in [9.17, 15) is 9.18 Å². The van der Waals surface area contributed by atoms with Gasteiger partial charge in [-0.25, -0.2) is 4.39 Å². The lowest BCUT2D eigenvalue weighted by molar-refractivity contribution is -0.121. The third-order valence-corrected chi connectivity index (χ3v) is 4.42. The lowest BCUT2D eigenvalue weighted by atomic mass is 10.1. The lowest BCUT2D eigenvalue weighted by Gasteiger charge is -2.14. The van der Waals surface area contributed by atoms with Gasteiger partial charge in [0.05, 0.1) is 6.04 Å². The predicted molar refractivity (Wildman–Crippen MR) is 89.8 cm³/mol. The van der Waals surface area contributed by atoms with Gasteiger partial charge in [0.15, 0.2) is 0 Å². The van der Waals surface area contributed by atoms with Crippen molar-refractivity contribution in [3.63, 3.8) is 0 Å². The van der Waals surface area contributed by atoms with Crippen LogP contribution in [0.25, 0.3) is 0 Å². The van der Waals surface area contributed by atoms with Crippen molar-refractivity contribution >= 4 is 29.3 Å². The second-order valence-electron chi connectivity index (χ2n) is 4.89. The van der Waals surface area contributed by atoms with E-state index < -0.39 is 0 Å². The first-order chi connectivity index (χ1) is 10.5. The van der Waals surface area contributed by atoms with Crippen molar-refractivity contribution in [3.05, 3.63) is 64.9 Å². The molecule has 0 aliphatic carbocycles. The number of hydrogen-bond acceptors (Lipinski definition) is 2. The van der Waals surface area contributed by atoms with Crippen LogP contribution in [0.1, 0.15) is 24.9 Å². The molecule has 22 heavy (non-hydrogen) atoms. The van der Waals surface area contributed by atoms with Gasteiger partial charge < -0.3 is 5.32 Å². The van der Waals surface area contributed by atoms with Crippen LogP contribution in [0, 0.1) is 5.82 Å². The molecule has 2 nitrogen and oxygen atoms in total. The maximum absolute atomic E-state index is 12.8. The van der Waals surface area contributed by atoms with Gasteiger partial charge in [0.25, 0.3) is 0 Å². The molecule has 0 heterocycles. The van der Waals surface area contributed by atoms with Gasteiger partial charge >= 0.3 is 0 Å². The van der Waals surface area contributed by atoms with Crippen molar-refractivity contribution in [3.8, 4) is 0 Å². The lowest BCUT2D eigenvalue weighted by Crippen LogP contribution is -2.26. The van der Waals surface area contributed by atoms with Crippen LogP contribution in [0.5, 0.6) is 0 Å². The topological polar surface area (TPSA) is 29.1 Å². The van der Waals surface area contributed by atoms with Crippen LogP contribution in [0.2, 0.25) is 5.02 Å². The number of benzene rings is 2. The van der Waals surface area contributed by atoms with Gasteiger partial charge in [-0.05, 0) is 48.9 Å². The molecule has 0 bridgehead atoms. The largest absolute Gasteiger partial charge is 0.350 e. The number of halogens is 2. The molecule has 0 aliphatic rings. The minimum atomic E-state index is -0.251. The Kier molecular flexibility index (Phi) is 6.28. The summed E-state index contributed by atoms with van der Waals surface area (Å²) >= 11 is 7.38. The van der Waals surface area contributed by atoms with Crippen LogP contribution in [-0.4, -0.2) is 11.7 Å². The Morgan fingerprint density at radius 2 is 1.82 bits per heavy atom. The first-order valence-electron chi connectivity index (χ1n) is 6.98. The Morgan fingerprint density at radius 1 is 1.18 bits per heavy atom. The summed E-state index contributed by atoms with van der Waals surface area (Å²) in [7, 11) is 0. The molecule has 2 aromatic carbocycles. The number of thioether (sulfide) groups is 1. The minimum Gasteiger partial charge on any atom is -0.350 e. The van der Waals surface area contributed by atoms with Crippen molar-refractivity contribution < 1.29 is 9.18 Å². The molecular formula is C17H17ClFNOS. The van der Waals surface area contributed by atoms with E-state index in [0.29, 0.717) is 17.2 Å². The zero-order valence-electron chi connectivity index (χ0n) is 12.2. The molecule has 0 aromatic heterocycles. The molecule has 2 rings (SSSR count). The van der Waals surface area contributed by atoms with Crippen LogP contribution < -0.4 is 5.32 Å². The fourth-order valence-electron chi connectivity index (χ4n) is 1.94. The Hall–Kier alpha value is -1.52. The molecule has 0 fully saturated rings. The molecule has 116 valence electrons. The first-order valence-corrected chi connectivity index (χ1v) is 8.34. The summed E-state index contributed by atoms with van der Waals surface area (Å²) in [6, 6.07) is 13.6. The summed E-state index contributed by atoms with van der Waals surface area (Å²) in [4.78, 5) is 12.9. The molecular weight excluding hydrogens is 321 g/mol. The summed E-state index contributed by atoms with van der Waals surface area (Å²) in [6.07, 6.45) is 0.417. The van der Waals surface area contributed by atoms with Gasteiger partial charge in [-0.2, -0.15) is 0 Å². The Morgan fingerprint density at radius 3 is 2.45 bits per heavy atom. The van der Waals surface area contributed by atoms with Gasteiger partial charge in [0, 0.05) is 22.1 Å². The smallest absolute Gasteiger partial charge is 0.221 e. The van der Waals surface area contributed by atoms with Crippen LogP contribution in [0.3, 0.4) is 0 Å². The van der Waals surface area contributed by atoms with Crippen molar-refractivity contribution in [2.45, 2.75) is 24.3 Å². The highest BCUT2D eigenvalue weighted by atomic mass is 35.5. The summed E-state index contributed by atoms with van der Waals surface area (Å²) in [5.74, 6) is 0.404. The van der Waals surface area contributed by atoms with E-state index in [1.807, 2.05) is 31.2 Å². The van der Waals surface area contributed by atoms with Gasteiger partial charge in [0.1, 0.15) is 5.82 Å². The molecule has 0 spiro atoms. The van der Waals surface area contributed by atoms with Gasteiger partial charge in [0.2, 0.25) is 5.91 Å². The standard InChI is InChI=1S/C17H17ClFNOS/c1-12(13-2-4-14(18)5-3-13)20-17(21)10-11-22-16-8-6-15(19)7-9-16/h2-9,12H,10-11H2,1H3,(H,20,21)/t12-/m0/s1. The molecule has 0 radical (unpaired) electrons. The van der Waals surface area contributed by atoms with Gasteiger partial charge in [-0.3, -0.25) is 4.79 Å². The maximum Gasteiger partial charge on any atom is 0.221 e. The Labute approximate surface area is 139 Å². The van der Waals surface area contributed by atoms with Crippen LogP contribution in [-0.2, 0) is 4.79 Å². The highest BCUT2D eigenvalue weighted by molar-refractivity contribution is 7.99. The van der Waals surface area contributed by atoms with E-state index in [0.717, 1.165) is 10.5 Å². The monoisotopic (exact) mass is 337 g/mol. The minimum absolute atomic E-state index is 0.00272. The number of amides is 1. The summed E-state index contributed by atoms with van der Waals surface area (Å²) < 4.78 is 12.8. The highest BCUT2D eigenvalue weighted by Gasteiger charge is 2.09. The van der Waals surface area contributed by atoms with Gasteiger partial charge in [-0.15, -0.1) is 11.8 Å². The number of rotatable bonds is 6. The quantitative estimate of drug-likeness (QED) is 0.764. The van der Waals surface area contributed by atoms with E-state index in [-0.39, 0.29) is 17.8 Å².